The number of nitrogens with zero attached hydrogens (tertiary/aromatic N) is 4. The molecule has 0 atom stereocenters. The molecule has 28 heavy (non-hydrogen) atoms. The normalized spacial score (nSPS) is 14.3. The molecule has 9 heteroatoms. The first-order valence-electron chi connectivity index (χ1n) is 9.06. The number of amides is 1. The lowest BCUT2D eigenvalue weighted by atomic mass is 10.1. The van der Waals surface area contributed by atoms with Crippen LogP contribution >= 0.6 is 0 Å². The van der Waals surface area contributed by atoms with Gasteiger partial charge in [-0.1, -0.05) is 18.0 Å². The van der Waals surface area contributed by atoms with Crippen molar-refractivity contribution < 1.29 is 13.7 Å². The fraction of sp³-hybridized carbons (Fsp3) is 0.316. The third-order valence-electron chi connectivity index (χ3n) is 4.65. The lowest BCUT2D eigenvalue weighted by Crippen LogP contribution is -2.32. The highest BCUT2D eigenvalue weighted by molar-refractivity contribution is 5.89. The van der Waals surface area contributed by atoms with Crippen LogP contribution in [0.2, 0.25) is 0 Å². The molecule has 1 aliphatic rings. The fourth-order valence-electron chi connectivity index (χ4n) is 3.20. The van der Waals surface area contributed by atoms with Gasteiger partial charge >= 0.3 is 11.8 Å². The van der Waals surface area contributed by atoms with Gasteiger partial charge in [0.1, 0.15) is 12.4 Å². The van der Waals surface area contributed by atoms with Crippen LogP contribution in [0.1, 0.15) is 42.2 Å². The molecule has 2 aromatic heterocycles. The van der Waals surface area contributed by atoms with E-state index in [1.807, 2.05) is 0 Å². The van der Waals surface area contributed by atoms with Gasteiger partial charge in [-0.25, -0.2) is 9.07 Å². The highest BCUT2D eigenvalue weighted by atomic mass is 19.1. The summed E-state index contributed by atoms with van der Waals surface area (Å²) in [7, 11) is 0. The van der Waals surface area contributed by atoms with Crippen molar-refractivity contribution in [1.29, 1.82) is 0 Å². The van der Waals surface area contributed by atoms with Crippen LogP contribution in [0.25, 0.3) is 11.3 Å². The molecule has 0 spiro atoms. The van der Waals surface area contributed by atoms with E-state index >= 15 is 0 Å². The molecular formula is C19H18FN5O3. The van der Waals surface area contributed by atoms with E-state index in [1.165, 1.54) is 22.9 Å². The second-order valence-corrected chi connectivity index (χ2v) is 6.69. The number of carbonyl (C=O) groups is 1. The Kier molecular flexibility index (Phi) is 4.96. The maximum Gasteiger partial charge on any atom is 0.316 e. The molecule has 144 valence electrons. The largest absolute Gasteiger partial charge is 0.345 e. The number of hydrogen-bond donors (Lipinski definition) is 1. The number of benzene rings is 1. The Hall–Kier alpha value is -3.36. The van der Waals surface area contributed by atoms with Crippen molar-refractivity contribution in [2.24, 2.45) is 0 Å². The maximum atomic E-state index is 13.1. The van der Waals surface area contributed by atoms with Crippen LogP contribution in [-0.2, 0) is 6.54 Å². The molecule has 0 aliphatic heterocycles. The van der Waals surface area contributed by atoms with Crippen molar-refractivity contribution in [3.63, 3.8) is 0 Å². The van der Waals surface area contributed by atoms with Gasteiger partial charge in [0.25, 0.3) is 5.56 Å². The first-order chi connectivity index (χ1) is 13.6. The molecule has 1 aliphatic carbocycles. The van der Waals surface area contributed by atoms with Crippen molar-refractivity contribution in [3.05, 3.63) is 64.3 Å². The van der Waals surface area contributed by atoms with Crippen molar-refractivity contribution >= 4 is 5.91 Å². The molecule has 3 aromatic rings. The average molecular weight is 383 g/mol. The van der Waals surface area contributed by atoms with E-state index < -0.39 is 5.91 Å². The Morgan fingerprint density at radius 1 is 1.18 bits per heavy atom. The van der Waals surface area contributed by atoms with E-state index in [1.54, 1.807) is 18.2 Å². The maximum absolute atomic E-state index is 13.1. The standard InChI is InChI=1S/C19H18FN5O3/c20-13-7-5-12(6-8-13)15-9-10-17(26)25(23-15)11-16-22-19(28-24-16)18(27)21-14-3-1-2-4-14/h5-10,14H,1-4,11H2,(H,21,27). The summed E-state index contributed by atoms with van der Waals surface area (Å²) in [5.74, 6) is -0.731. The van der Waals surface area contributed by atoms with Gasteiger partial charge in [0, 0.05) is 17.7 Å². The van der Waals surface area contributed by atoms with Gasteiger partial charge in [-0.2, -0.15) is 10.1 Å². The summed E-state index contributed by atoms with van der Waals surface area (Å²) in [6.45, 7) is -0.0475. The van der Waals surface area contributed by atoms with E-state index in [0.717, 1.165) is 25.7 Å². The zero-order valence-corrected chi connectivity index (χ0v) is 15.0. The first-order valence-corrected chi connectivity index (χ1v) is 9.06. The Labute approximate surface area is 159 Å². The summed E-state index contributed by atoms with van der Waals surface area (Å²) in [6.07, 6.45) is 4.09. The SMILES string of the molecule is O=C(NC1CCCC1)c1nc(Cn2nc(-c3ccc(F)cc3)ccc2=O)no1. The molecule has 2 heterocycles. The molecule has 4 rings (SSSR count). The molecule has 1 fully saturated rings. The molecule has 1 amide bonds. The summed E-state index contributed by atoms with van der Waals surface area (Å²) < 4.78 is 19.3. The lowest BCUT2D eigenvalue weighted by molar-refractivity contribution is 0.0893. The average Bonchev–Trinajstić information content (AvgIpc) is 3.36. The van der Waals surface area contributed by atoms with E-state index in [0.29, 0.717) is 11.3 Å². The summed E-state index contributed by atoms with van der Waals surface area (Å²) >= 11 is 0. The van der Waals surface area contributed by atoms with Gasteiger partial charge in [-0.15, -0.1) is 0 Å². The second-order valence-electron chi connectivity index (χ2n) is 6.69. The summed E-state index contributed by atoms with van der Waals surface area (Å²) in [6, 6.07) is 8.85. The van der Waals surface area contributed by atoms with Gasteiger partial charge in [0.2, 0.25) is 0 Å². The van der Waals surface area contributed by atoms with Crippen molar-refractivity contribution in [3.8, 4) is 11.3 Å². The third kappa shape index (κ3) is 3.98. The zero-order valence-electron chi connectivity index (χ0n) is 15.0. The van der Waals surface area contributed by atoms with Crippen LogP contribution in [-0.4, -0.2) is 31.9 Å². The Balaban J connectivity index is 1.50. The van der Waals surface area contributed by atoms with Crippen LogP contribution in [0, 0.1) is 5.82 Å². The number of nitrogens with one attached hydrogen (secondary N) is 1. The van der Waals surface area contributed by atoms with Crippen LogP contribution in [0.5, 0.6) is 0 Å². The van der Waals surface area contributed by atoms with Gasteiger partial charge < -0.3 is 9.84 Å². The summed E-state index contributed by atoms with van der Waals surface area (Å²) in [5.41, 5.74) is 0.815. The van der Waals surface area contributed by atoms with E-state index in [-0.39, 0.29) is 35.7 Å². The number of aromatic nitrogens is 4. The van der Waals surface area contributed by atoms with Gasteiger partial charge in [-0.3, -0.25) is 9.59 Å². The van der Waals surface area contributed by atoms with E-state index in [4.69, 9.17) is 4.52 Å². The number of halogens is 1. The molecule has 1 N–H and O–H groups in total. The molecule has 0 radical (unpaired) electrons. The molecular weight excluding hydrogens is 365 g/mol. The topological polar surface area (TPSA) is 103 Å². The molecule has 0 unspecified atom stereocenters. The van der Waals surface area contributed by atoms with E-state index in [9.17, 15) is 14.0 Å². The minimum absolute atomic E-state index is 0.0475. The molecule has 0 saturated heterocycles. The number of carbonyl (C=O) groups excluding carboxylic acids is 1. The Bertz CT molecular complexity index is 1040. The quantitative estimate of drug-likeness (QED) is 0.724. The first kappa shape index (κ1) is 18.0. The van der Waals surface area contributed by atoms with Crippen LogP contribution in [0.4, 0.5) is 4.39 Å². The van der Waals surface area contributed by atoms with Crippen molar-refractivity contribution in [1.82, 2.24) is 25.2 Å². The molecule has 1 saturated carbocycles. The predicted octanol–water partition coefficient (Wildman–Crippen LogP) is 2.15. The van der Waals surface area contributed by atoms with Crippen molar-refractivity contribution in [2.75, 3.05) is 0 Å². The number of rotatable bonds is 5. The van der Waals surface area contributed by atoms with Crippen LogP contribution in [0.15, 0.2) is 45.7 Å². The second kappa shape index (κ2) is 7.71. The molecule has 1 aromatic carbocycles. The Morgan fingerprint density at radius 3 is 2.68 bits per heavy atom. The van der Waals surface area contributed by atoms with E-state index in [2.05, 4.69) is 20.6 Å². The minimum Gasteiger partial charge on any atom is -0.345 e. The molecule has 0 bridgehead atoms. The minimum atomic E-state index is -0.411. The fourth-order valence-corrected chi connectivity index (χ4v) is 3.20. The highest BCUT2D eigenvalue weighted by Crippen LogP contribution is 2.18. The van der Waals surface area contributed by atoms with Crippen LogP contribution in [0.3, 0.4) is 0 Å². The van der Waals surface area contributed by atoms with Crippen molar-refractivity contribution in [2.45, 2.75) is 38.3 Å². The summed E-state index contributed by atoms with van der Waals surface area (Å²) in [4.78, 5) is 28.3. The smallest absolute Gasteiger partial charge is 0.316 e. The zero-order chi connectivity index (χ0) is 19.5. The highest BCUT2D eigenvalue weighted by Gasteiger charge is 2.22. The predicted molar refractivity (Wildman–Crippen MR) is 97.0 cm³/mol. The van der Waals surface area contributed by atoms with Gasteiger partial charge in [0.15, 0.2) is 5.82 Å². The van der Waals surface area contributed by atoms with Gasteiger partial charge in [-0.05, 0) is 43.2 Å². The number of hydrogen-bond acceptors (Lipinski definition) is 6. The Morgan fingerprint density at radius 2 is 1.93 bits per heavy atom. The summed E-state index contributed by atoms with van der Waals surface area (Å²) in [5, 5.41) is 10.9. The van der Waals surface area contributed by atoms with Crippen LogP contribution < -0.4 is 10.9 Å². The van der Waals surface area contributed by atoms with Gasteiger partial charge in [0.05, 0.1) is 5.69 Å². The third-order valence-corrected chi connectivity index (χ3v) is 4.65. The monoisotopic (exact) mass is 383 g/mol. The lowest BCUT2D eigenvalue weighted by Gasteiger charge is -2.08. The molecule has 8 nitrogen and oxygen atoms in total.